The number of ether oxygens (including phenoxy) is 1. The second-order valence-electron chi connectivity index (χ2n) is 4.17. The molecule has 0 unspecified atom stereocenters. The van der Waals surface area contributed by atoms with Gasteiger partial charge in [-0.3, -0.25) is 4.79 Å². The first-order chi connectivity index (χ1) is 10.1. The van der Waals surface area contributed by atoms with Gasteiger partial charge in [-0.25, -0.2) is 4.79 Å². The van der Waals surface area contributed by atoms with Crippen molar-refractivity contribution in [3.63, 3.8) is 0 Å². The van der Waals surface area contributed by atoms with E-state index in [0.29, 0.717) is 16.1 Å². The van der Waals surface area contributed by atoms with Crippen molar-refractivity contribution < 1.29 is 14.3 Å². The molecule has 0 heterocycles. The lowest BCUT2D eigenvalue weighted by atomic mass is 10.1. The van der Waals surface area contributed by atoms with E-state index >= 15 is 0 Å². The van der Waals surface area contributed by atoms with E-state index < -0.39 is 5.97 Å². The van der Waals surface area contributed by atoms with Crippen molar-refractivity contribution >= 4 is 23.4 Å². The second kappa shape index (κ2) is 6.69. The van der Waals surface area contributed by atoms with Crippen molar-refractivity contribution in [2.45, 2.75) is 0 Å². The predicted molar refractivity (Wildman–Crippen MR) is 77.2 cm³/mol. The van der Waals surface area contributed by atoms with Gasteiger partial charge in [-0.1, -0.05) is 23.7 Å². The number of Topliss-reactive ketones (excluding diaryl/α,β-unsaturated/α-hetero) is 1. The number of nitriles is 1. The molecule has 0 aromatic heterocycles. The molecule has 0 atom stereocenters. The summed E-state index contributed by atoms with van der Waals surface area (Å²) in [6.07, 6.45) is 0. The molecule has 0 fully saturated rings. The lowest BCUT2D eigenvalue weighted by Gasteiger charge is -2.05. The van der Waals surface area contributed by atoms with Gasteiger partial charge in [-0.2, -0.15) is 5.26 Å². The van der Waals surface area contributed by atoms with E-state index in [1.54, 1.807) is 24.3 Å². The molecule has 2 aromatic rings. The Morgan fingerprint density at radius 1 is 1.10 bits per heavy atom. The highest BCUT2D eigenvalue weighted by Gasteiger charge is 2.13. The summed E-state index contributed by atoms with van der Waals surface area (Å²) < 4.78 is 4.94. The molecule has 0 aliphatic carbocycles. The normalized spacial score (nSPS) is 9.71. The molecule has 0 saturated heterocycles. The Hall–Kier alpha value is -2.64. The van der Waals surface area contributed by atoms with Gasteiger partial charge in [0.2, 0.25) is 5.78 Å². The van der Waals surface area contributed by atoms with Crippen LogP contribution < -0.4 is 0 Å². The fourth-order valence-electron chi connectivity index (χ4n) is 1.66. The van der Waals surface area contributed by atoms with Crippen molar-refractivity contribution in [1.82, 2.24) is 0 Å². The number of benzene rings is 2. The van der Waals surface area contributed by atoms with Gasteiger partial charge in [-0.15, -0.1) is 0 Å². The van der Waals surface area contributed by atoms with Crippen LogP contribution in [0.5, 0.6) is 0 Å². The first kappa shape index (κ1) is 14.8. The maximum absolute atomic E-state index is 11.9. The van der Waals surface area contributed by atoms with Crippen LogP contribution >= 0.6 is 11.6 Å². The van der Waals surface area contributed by atoms with E-state index in [-0.39, 0.29) is 18.0 Å². The van der Waals surface area contributed by atoms with Gasteiger partial charge in [0.05, 0.1) is 22.2 Å². The van der Waals surface area contributed by atoms with Crippen LogP contribution in [0, 0.1) is 11.3 Å². The molecule has 0 amide bonds. The quantitative estimate of drug-likeness (QED) is 0.642. The molecule has 21 heavy (non-hydrogen) atoms. The van der Waals surface area contributed by atoms with Gasteiger partial charge >= 0.3 is 5.97 Å². The highest BCUT2D eigenvalue weighted by molar-refractivity contribution is 6.34. The molecule has 4 nitrogen and oxygen atoms in total. The molecule has 0 aliphatic rings. The highest BCUT2D eigenvalue weighted by Crippen LogP contribution is 2.15. The smallest absolute Gasteiger partial charge is 0.338 e. The summed E-state index contributed by atoms with van der Waals surface area (Å²) in [5.41, 5.74) is 1.03. The van der Waals surface area contributed by atoms with Crippen LogP contribution in [-0.4, -0.2) is 18.4 Å². The zero-order valence-corrected chi connectivity index (χ0v) is 11.6. The Morgan fingerprint density at radius 2 is 1.76 bits per heavy atom. The third kappa shape index (κ3) is 3.68. The predicted octanol–water partition coefficient (Wildman–Crippen LogP) is 3.25. The van der Waals surface area contributed by atoms with Crippen LogP contribution in [0.3, 0.4) is 0 Å². The standard InChI is InChI=1S/C16H10ClNO3/c17-14-4-2-1-3-13(14)15(19)10-21-16(20)12-7-5-11(9-18)6-8-12/h1-8H,10H2. The van der Waals surface area contributed by atoms with E-state index in [4.69, 9.17) is 21.6 Å². The summed E-state index contributed by atoms with van der Waals surface area (Å²) in [4.78, 5) is 23.7. The number of esters is 1. The fourth-order valence-corrected chi connectivity index (χ4v) is 1.90. The number of hydrogen-bond donors (Lipinski definition) is 0. The molecular weight excluding hydrogens is 290 g/mol. The average molecular weight is 300 g/mol. The largest absolute Gasteiger partial charge is 0.454 e. The Labute approximate surface area is 126 Å². The molecule has 0 bridgehead atoms. The zero-order valence-electron chi connectivity index (χ0n) is 10.9. The Balaban J connectivity index is 1.99. The first-order valence-electron chi connectivity index (χ1n) is 6.07. The maximum atomic E-state index is 11.9. The van der Waals surface area contributed by atoms with Crippen LogP contribution in [0.1, 0.15) is 26.3 Å². The minimum absolute atomic E-state index is 0.279. The van der Waals surface area contributed by atoms with Gasteiger partial charge in [0, 0.05) is 5.56 Å². The van der Waals surface area contributed by atoms with E-state index in [9.17, 15) is 9.59 Å². The van der Waals surface area contributed by atoms with Crippen molar-refractivity contribution in [2.24, 2.45) is 0 Å². The number of rotatable bonds is 4. The van der Waals surface area contributed by atoms with Gasteiger partial charge in [0.15, 0.2) is 6.61 Å². The minimum Gasteiger partial charge on any atom is -0.454 e. The monoisotopic (exact) mass is 299 g/mol. The summed E-state index contributed by atoms with van der Waals surface area (Å²) in [5.74, 6) is -0.998. The van der Waals surface area contributed by atoms with Gasteiger partial charge in [0.1, 0.15) is 0 Å². The number of carbonyl (C=O) groups is 2. The number of carbonyl (C=O) groups excluding carboxylic acids is 2. The number of ketones is 1. The highest BCUT2D eigenvalue weighted by atomic mass is 35.5. The first-order valence-corrected chi connectivity index (χ1v) is 6.44. The molecule has 0 aliphatic heterocycles. The fraction of sp³-hybridized carbons (Fsp3) is 0.0625. The molecule has 0 radical (unpaired) electrons. The lowest BCUT2D eigenvalue weighted by molar-refractivity contribution is 0.0475. The zero-order chi connectivity index (χ0) is 15.2. The molecule has 0 spiro atoms. The molecule has 104 valence electrons. The molecular formula is C16H10ClNO3. The average Bonchev–Trinajstić information content (AvgIpc) is 2.52. The van der Waals surface area contributed by atoms with Crippen LogP contribution in [0.25, 0.3) is 0 Å². The summed E-state index contributed by atoms with van der Waals surface area (Å²) in [6.45, 7) is -0.386. The van der Waals surface area contributed by atoms with Crippen LogP contribution in [0.15, 0.2) is 48.5 Å². The Bertz CT molecular complexity index is 717. The molecule has 5 heteroatoms. The molecule has 2 rings (SSSR count). The van der Waals surface area contributed by atoms with Crippen LogP contribution in [0.4, 0.5) is 0 Å². The minimum atomic E-state index is -0.625. The number of halogens is 1. The van der Waals surface area contributed by atoms with E-state index in [1.807, 2.05) is 6.07 Å². The molecule has 0 saturated carbocycles. The van der Waals surface area contributed by atoms with E-state index in [1.165, 1.54) is 24.3 Å². The Morgan fingerprint density at radius 3 is 2.38 bits per heavy atom. The van der Waals surface area contributed by atoms with E-state index in [2.05, 4.69) is 0 Å². The number of nitrogens with zero attached hydrogens (tertiary/aromatic N) is 1. The summed E-state index contributed by atoms with van der Waals surface area (Å²) in [5, 5.41) is 8.99. The maximum Gasteiger partial charge on any atom is 0.338 e. The van der Waals surface area contributed by atoms with Crippen LogP contribution in [0.2, 0.25) is 5.02 Å². The SMILES string of the molecule is N#Cc1ccc(C(=O)OCC(=O)c2ccccc2Cl)cc1. The van der Waals surface area contributed by atoms with Crippen molar-refractivity contribution in [1.29, 1.82) is 5.26 Å². The molecule has 0 N–H and O–H groups in total. The van der Waals surface area contributed by atoms with Gasteiger partial charge in [-0.05, 0) is 36.4 Å². The third-order valence-corrected chi connectivity index (χ3v) is 3.09. The van der Waals surface area contributed by atoms with Crippen molar-refractivity contribution in [3.05, 3.63) is 70.2 Å². The van der Waals surface area contributed by atoms with E-state index in [0.717, 1.165) is 0 Å². The third-order valence-electron chi connectivity index (χ3n) is 2.76. The van der Waals surface area contributed by atoms with Crippen molar-refractivity contribution in [2.75, 3.05) is 6.61 Å². The Kier molecular flexibility index (Phi) is 4.70. The lowest BCUT2D eigenvalue weighted by Crippen LogP contribution is -2.14. The van der Waals surface area contributed by atoms with Gasteiger partial charge in [0.25, 0.3) is 0 Å². The molecule has 2 aromatic carbocycles. The summed E-state index contributed by atoms with van der Waals surface area (Å²) in [6, 6.07) is 14.5. The second-order valence-corrected chi connectivity index (χ2v) is 4.58. The van der Waals surface area contributed by atoms with Crippen LogP contribution in [-0.2, 0) is 4.74 Å². The summed E-state index contributed by atoms with van der Waals surface area (Å²) in [7, 11) is 0. The summed E-state index contributed by atoms with van der Waals surface area (Å²) >= 11 is 5.89. The van der Waals surface area contributed by atoms with Crippen molar-refractivity contribution in [3.8, 4) is 6.07 Å². The van der Waals surface area contributed by atoms with Gasteiger partial charge < -0.3 is 4.74 Å². The number of hydrogen-bond acceptors (Lipinski definition) is 4. The topological polar surface area (TPSA) is 67.2 Å².